The maximum absolute atomic E-state index is 6.02. The highest BCUT2D eigenvalue weighted by atomic mass is 79.9. The Balaban J connectivity index is 2.27. The van der Waals surface area contributed by atoms with Gasteiger partial charge in [-0.3, -0.25) is 11.3 Å². The van der Waals surface area contributed by atoms with Crippen molar-refractivity contribution in [3.05, 3.63) is 46.5 Å². The van der Waals surface area contributed by atoms with Gasteiger partial charge in [0.25, 0.3) is 0 Å². The van der Waals surface area contributed by atoms with Crippen LogP contribution < -0.4 is 17.0 Å². The number of hydrogen-bond donors (Lipinski definition) is 3. The lowest BCUT2D eigenvalue weighted by Crippen LogP contribution is -2.31. The fourth-order valence-electron chi connectivity index (χ4n) is 2.11. The van der Waals surface area contributed by atoms with Crippen LogP contribution in [0.15, 0.2) is 35.1 Å². The van der Waals surface area contributed by atoms with Gasteiger partial charge in [-0.2, -0.15) is 0 Å². The molecule has 1 aromatic carbocycles. The second kappa shape index (κ2) is 6.18. The Morgan fingerprint density at radius 2 is 2.26 bits per heavy atom. The molecule has 0 amide bonds. The predicted molar refractivity (Wildman–Crippen MR) is 80.2 cm³/mol. The molecule has 1 aromatic heterocycles. The van der Waals surface area contributed by atoms with Gasteiger partial charge in [-0.15, -0.1) is 0 Å². The van der Waals surface area contributed by atoms with Gasteiger partial charge in [0, 0.05) is 35.5 Å². The minimum absolute atomic E-state index is 0.0646. The molecule has 0 saturated heterocycles. The number of anilines is 1. The van der Waals surface area contributed by atoms with Crippen molar-refractivity contribution in [2.75, 3.05) is 5.73 Å². The zero-order chi connectivity index (χ0) is 13.8. The summed E-state index contributed by atoms with van der Waals surface area (Å²) >= 11 is 3.45. The lowest BCUT2D eigenvalue weighted by molar-refractivity contribution is 0.524. The summed E-state index contributed by atoms with van der Waals surface area (Å²) in [5, 5.41) is 0. The molecule has 0 aliphatic heterocycles. The minimum atomic E-state index is -0.0646. The van der Waals surface area contributed by atoms with Crippen LogP contribution in [-0.2, 0) is 13.0 Å². The van der Waals surface area contributed by atoms with Crippen molar-refractivity contribution in [1.82, 2.24) is 15.0 Å². The third-order valence-electron chi connectivity index (χ3n) is 3.15. The number of rotatable bonds is 5. The summed E-state index contributed by atoms with van der Waals surface area (Å²) in [6.07, 6.45) is 4.46. The smallest absolute Gasteiger partial charge is 0.110 e. The Labute approximate surface area is 121 Å². The summed E-state index contributed by atoms with van der Waals surface area (Å²) in [4.78, 5) is 4.37. The minimum Gasteiger partial charge on any atom is -0.398 e. The number of nitrogen functional groups attached to an aromatic ring is 1. The molecule has 0 radical (unpaired) electrons. The van der Waals surface area contributed by atoms with Crippen LogP contribution in [-0.4, -0.2) is 9.55 Å². The molecule has 2 rings (SSSR count). The number of nitrogens with one attached hydrogen (secondary N) is 1. The average molecular weight is 324 g/mol. The van der Waals surface area contributed by atoms with Crippen LogP contribution in [0.25, 0.3) is 0 Å². The van der Waals surface area contributed by atoms with Crippen molar-refractivity contribution >= 4 is 21.6 Å². The van der Waals surface area contributed by atoms with E-state index in [2.05, 4.69) is 37.8 Å². The highest BCUT2D eigenvalue weighted by Gasteiger charge is 2.16. The molecule has 6 heteroatoms. The van der Waals surface area contributed by atoms with E-state index in [-0.39, 0.29) is 6.04 Å². The van der Waals surface area contributed by atoms with E-state index in [0.29, 0.717) is 6.42 Å². The Morgan fingerprint density at radius 3 is 2.95 bits per heavy atom. The van der Waals surface area contributed by atoms with E-state index in [0.717, 1.165) is 28.1 Å². The number of aromatic nitrogens is 2. The molecule has 5 nitrogen and oxygen atoms in total. The highest BCUT2D eigenvalue weighted by Crippen LogP contribution is 2.26. The van der Waals surface area contributed by atoms with Crippen molar-refractivity contribution in [3.8, 4) is 0 Å². The molecule has 1 heterocycles. The monoisotopic (exact) mass is 323 g/mol. The number of imidazole rings is 1. The van der Waals surface area contributed by atoms with Crippen molar-refractivity contribution in [2.45, 2.75) is 25.9 Å². The molecule has 0 fully saturated rings. The van der Waals surface area contributed by atoms with E-state index in [1.54, 1.807) is 6.20 Å². The summed E-state index contributed by atoms with van der Waals surface area (Å²) < 4.78 is 3.08. The topological polar surface area (TPSA) is 81.9 Å². The number of aryl methyl sites for hydroxylation is 1. The zero-order valence-electron chi connectivity index (χ0n) is 10.8. The molecule has 1 unspecified atom stereocenters. The summed E-state index contributed by atoms with van der Waals surface area (Å²) in [5.74, 6) is 6.66. The second-order valence-corrected chi connectivity index (χ2v) is 5.24. The third kappa shape index (κ3) is 3.15. The Bertz CT molecular complexity index is 552. The number of hydrogen-bond acceptors (Lipinski definition) is 4. The lowest BCUT2D eigenvalue weighted by Gasteiger charge is -2.18. The van der Waals surface area contributed by atoms with Crippen LogP contribution in [0.3, 0.4) is 0 Å². The van der Waals surface area contributed by atoms with Crippen LogP contribution in [0.5, 0.6) is 0 Å². The average Bonchev–Trinajstić information content (AvgIpc) is 2.86. The first-order valence-corrected chi connectivity index (χ1v) is 6.96. The van der Waals surface area contributed by atoms with Gasteiger partial charge in [-0.25, -0.2) is 4.98 Å². The number of halogens is 1. The van der Waals surface area contributed by atoms with Gasteiger partial charge in [0.05, 0.1) is 6.04 Å². The van der Waals surface area contributed by atoms with E-state index in [4.69, 9.17) is 11.6 Å². The molecule has 2 aromatic rings. The van der Waals surface area contributed by atoms with Gasteiger partial charge in [0.15, 0.2) is 0 Å². The molecule has 0 aliphatic rings. The van der Waals surface area contributed by atoms with Crippen LogP contribution in [0.2, 0.25) is 0 Å². The Kier molecular flexibility index (Phi) is 4.57. The van der Waals surface area contributed by atoms with Gasteiger partial charge in [0.1, 0.15) is 5.82 Å². The summed E-state index contributed by atoms with van der Waals surface area (Å²) in [6, 6.07) is 5.71. The molecular weight excluding hydrogens is 306 g/mol. The number of benzene rings is 1. The third-order valence-corrected chi connectivity index (χ3v) is 3.65. The summed E-state index contributed by atoms with van der Waals surface area (Å²) in [6.45, 7) is 2.98. The molecule has 1 atom stereocenters. The largest absolute Gasteiger partial charge is 0.398 e. The molecule has 102 valence electrons. The molecular formula is C13H18BrN5. The zero-order valence-corrected chi connectivity index (χ0v) is 12.4. The number of nitrogens with two attached hydrogens (primary N) is 2. The standard InChI is InChI=1S/C13H18BrN5/c1-2-19-6-5-17-13(19)8-12(18-16)10-7-9(14)3-4-11(10)15/h3-7,12,18H,2,8,15-16H2,1H3. The fraction of sp³-hybridized carbons (Fsp3) is 0.308. The van der Waals surface area contributed by atoms with E-state index in [1.807, 2.05) is 24.4 Å². The normalized spacial score (nSPS) is 12.6. The first-order valence-electron chi connectivity index (χ1n) is 6.16. The maximum Gasteiger partial charge on any atom is 0.110 e. The van der Waals surface area contributed by atoms with Gasteiger partial charge in [-0.1, -0.05) is 15.9 Å². The first-order chi connectivity index (χ1) is 9.15. The van der Waals surface area contributed by atoms with Crippen LogP contribution in [0.1, 0.15) is 24.4 Å². The molecule has 19 heavy (non-hydrogen) atoms. The molecule has 0 spiro atoms. The van der Waals surface area contributed by atoms with E-state index in [9.17, 15) is 0 Å². The SMILES string of the molecule is CCn1ccnc1CC(NN)c1cc(Br)ccc1N. The summed E-state index contributed by atoms with van der Waals surface area (Å²) in [5.41, 5.74) is 10.5. The second-order valence-electron chi connectivity index (χ2n) is 4.33. The van der Waals surface area contributed by atoms with Crippen molar-refractivity contribution in [1.29, 1.82) is 0 Å². The van der Waals surface area contributed by atoms with Gasteiger partial charge in [0.2, 0.25) is 0 Å². The molecule has 0 bridgehead atoms. The van der Waals surface area contributed by atoms with Crippen molar-refractivity contribution in [3.63, 3.8) is 0 Å². The Morgan fingerprint density at radius 1 is 1.47 bits per heavy atom. The highest BCUT2D eigenvalue weighted by molar-refractivity contribution is 9.10. The van der Waals surface area contributed by atoms with Crippen LogP contribution in [0, 0.1) is 0 Å². The van der Waals surface area contributed by atoms with Crippen LogP contribution >= 0.6 is 15.9 Å². The quantitative estimate of drug-likeness (QED) is 0.446. The van der Waals surface area contributed by atoms with E-state index in [1.165, 1.54) is 0 Å². The Hall–Kier alpha value is -1.37. The van der Waals surface area contributed by atoms with Gasteiger partial charge < -0.3 is 10.3 Å². The number of nitrogens with zero attached hydrogens (tertiary/aromatic N) is 2. The lowest BCUT2D eigenvalue weighted by atomic mass is 10.0. The molecule has 0 saturated carbocycles. The van der Waals surface area contributed by atoms with Crippen molar-refractivity contribution < 1.29 is 0 Å². The van der Waals surface area contributed by atoms with Gasteiger partial charge in [-0.05, 0) is 30.7 Å². The molecule has 5 N–H and O–H groups in total. The first kappa shape index (κ1) is 14.0. The summed E-state index contributed by atoms with van der Waals surface area (Å²) in [7, 11) is 0. The van der Waals surface area contributed by atoms with Crippen LogP contribution in [0.4, 0.5) is 5.69 Å². The predicted octanol–water partition coefficient (Wildman–Crippen LogP) is 1.99. The van der Waals surface area contributed by atoms with E-state index < -0.39 is 0 Å². The number of hydrazine groups is 1. The van der Waals surface area contributed by atoms with Crippen molar-refractivity contribution in [2.24, 2.45) is 5.84 Å². The molecule has 0 aliphatic carbocycles. The fourth-order valence-corrected chi connectivity index (χ4v) is 2.49. The maximum atomic E-state index is 6.02. The van der Waals surface area contributed by atoms with Gasteiger partial charge >= 0.3 is 0 Å². The van der Waals surface area contributed by atoms with E-state index >= 15 is 0 Å².